The maximum Gasteiger partial charge on any atom is 0.224 e. The van der Waals surface area contributed by atoms with Crippen molar-refractivity contribution in [2.45, 2.75) is 19.3 Å². The van der Waals surface area contributed by atoms with Crippen molar-refractivity contribution in [3.05, 3.63) is 27.7 Å². The summed E-state index contributed by atoms with van der Waals surface area (Å²) >= 11 is 11.2. The number of carbonyl (C=O) groups is 1. The molecule has 1 aliphatic heterocycles. The van der Waals surface area contributed by atoms with Gasteiger partial charge in [0, 0.05) is 15.9 Å². The molecule has 1 fully saturated rings. The molecule has 0 aliphatic carbocycles. The number of hydrogen-bond acceptors (Lipinski definition) is 2. The highest BCUT2D eigenvalue weighted by molar-refractivity contribution is 9.10. The predicted octanol–water partition coefficient (Wildman–Crippen LogP) is 4.57. The minimum atomic E-state index is 0.0925. The normalized spacial score (nSPS) is 16.6. The number of halogens is 2. The Kier molecular flexibility index (Phi) is 5.39. The largest absolute Gasteiger partial charge is 0.325 e. The third-order valence-corrected chi connectivity index (χ3v) is 4.96. The summed E-state index contributed by atoms with van der Waals surface area (Å²) in [6.07, 6.45) is 2.93. The first-order valence-electron chi connectivity index (χ1n) is 5.98. The molecule has 1 aromatic rings. The molecule has 0 aromatic heterocycles. The average molecular weight is 349 g/mol. The van der Waals surface area contributed by atoms with Crippen LogP contribution in [-0.2, 0) is 4.79 Å². The van der Waals surface area contributed by atoms with Crippen LogP contribution < -0.4 is 5.32 Å². The summed E-state index contributed by atoms with van der Waals surface area (Å²) < 4.78 is 0.822. The fourth-order valence-electron chi connectivity index (χ4n) is 2.00. The highest BCUT2D eigenvalue weighted by atomic mass is 79.9. The molecule has 2 rings (SSSR count). The van der Waals surface area contributed by atoms with E-state index in [0.717, 1.165) is 23.0 Å². The quantitative estimate of drug-likeness (QED) is 0.866. The van der Waals surface area contributed by atoms with Gasteiger partial charge in [0.25, 0.3) is 0 Å². The molecule has 1 amide bonds. The van der Waals surface area contributed by atoms with Crippen molar-refractivity contribution in [1.29, 1.82) is 0 Å². The molecular formula is C13H15BrClNOS. The van der Waals surface area contributed by atoms with Crippen LogP contribution in [0.3, 0.4) is 0 Å². The van der Waals surface area contributed by atoms with E-state index < -0.39 is 0 Å². The van der Waals surface area contributed by atoms with Crippen LogP contribution in [0.2, 0.25) is 5.02 Å². The van der Waals surface area contributed by atoms with Crippen LogP contribution in [0.1, 0.15) is 19.3 Å². The SMILES string of the molecule is O=C(CC1CCSCC1)Nc1ccc(Cl)cc1Br. The van der Waals surface area contributed by atoms with Crippen molar-refractivity contribution in [3.8, 4) is 0 Å². The Labute approximate surface area is 125 Å². The number of carbonyl (C=O) groups excluding carboxylic acids is 1. The summed E-state index contributed by atoms with van der Waals surface area (Å²) in [5.41, 5.74) is 0.787. The Morgan fingerprint density at radius 1 is 1.44 bits per heavy atom. The van der Waals surface area contributed by atoms with Gasteiger partial charge >= 0.3 is 0 Å². The molecule has 1 N–H and O–H groups in total. The maximum atomic E-state index is 11.9. The highest BCUT2D eigenvalue weighted by Gasteiger charge is 2.17. The summed E-state index contributed by atoms with van der Waals surface area (Å²) in [5.74, 6) is 3.00. The molecule has 1 heterocycles. The second-order valence-corrected chi connectivity index (χ2v) is 6.95. The third kappa shape index (κ3) is 4.18. The zero-order chi connectivity index (χ0) is 13.0. The summed E-state index contributed by atoms with van der Waals surface area (Å²) in [7, 11) is 0. The van der Waals surface area contributed by atoms with Crippen LogP contribution in [-0.4, -0.2) is 17.4 Å². The number of hydrogen-bond donors (Lipinski definition) is 1. The summed E-state index contributed by atoms with van der Waals surface area (Å²) in [5, 5.41) is 3.59. The third-order valence-electron chi connectivity index (χ3n) is 3.02. The minimum Gasteiger partial charge on any atom is -0.325 e. The lowest BCUT2D eigenvalue weighted by Gasteiger charge is -2.20. The van der Waals surface area contributed by atoms with Gasteiger partial charge in [0.05, 0.1) is 5.69 Å². The standard InChI is InChI=1S/C13H15BrClNOS/c14-11-8-10(15)1-2-12(11)16-13(17)7-9-3-5-18-6-4-9/h1-2,8-9H,3-7H2,(H,16,17). The molecule has 1 aliphatic rings. The van der Waals surface area contributed by atoms with Crippen molar-refractivity contribution in [1.82, 2.24) is 0 Å². The lowest BCUT2D eigenvalue weighted by Crippen LogP contribution is -2.19. The molecule has 2 nitrogen and oxygen atoms in total. The van der Waals surface area contributed by atoms with Gasteiger partial charge in [0.2, 0.25) is 5.91 Å². The van der Waals surface area contributed by atoms with Crippen LogP contribution >= 0.6 is 39.3 Å². The summed E-state index contributed by atoms with van der Waals surface area (Å²) in [6, 6.07) is 5.38. The van der Waals surface area contributed by atoms with Gasteiger partial charge in [-0.1, -0.05) is 11.6 Å². The van der Waals surface area contributed by atoms with Crippen LogP contribution in [0, 0.1) is 5.92 Å². The number of nitrogens with one attached hydrogen (secondary N) is 1. The Hall–Kier alpha value is -0.190. The molecule has 5 heteroatoms. The fourth-order valence-corrected chi connectivity index (χ4v) is 3.99. The maximum absolute atomic E-state index is 11.9. The Balaban J connectivity index is 1.90. The second kappa shape index (κ2) is 6.83. The van der Waals surface area contributed by atoms with Gasteiger partial charge in [-0.25, -0.2) is 0 Å². The topological polar surface area (TPSA) is 29.1 Å². The Morgan fingerprint density at radius 3 is 2.83 bits per heavy atom. The second-order valence-electron chi connectivity index (χ2n) is 4.43. The van der Waals surface area contributed by atoms with E-state index in [1.165, 1.54) is 11.5 Å². The molecule has 0 atom stereocenters. The molecule has 98 valence electrons. The first-order chi connectivity index (χ1) is 8.65. The molecular weight excluding hydrogens is 334 g/mol. The van der Waals surface area contributed by atoms with Gasteiger partial charge in [-0.15, -0.1) is 0 Å². The van der Waals surface area contributed by atoms with Crippen molar-refractivity contribution >= 4 is 50.9 Å². The first-order valence-corrected chi connectivity index (χ1v) is 8.30. The van der Waals surface area contributed by atoms with Crippen LogP contribution in [0.15, 0.2) is 22.7 Å². The minimum absolute atomic E-state index is 0.0925. The molecule has 0 unspecified atom stereocenters. The fraction of sp³-hybridized carbons (Fsp3) is 0.462. The van der Waals surface area contributed by atoms with Crippen LogP contribution in [0.4, 0.5) is 5.69 Å². The van der Waals surface area contributed by atoms with E-state index in [-0.39, 0.29) is 5.91 Å². The average Bonchev–Trinajstić information content (AvgIpc) is 2.34. The molecule has 0 radical (unpaired) electrons. The lowest BCUT2D eigenvalue weighted by atomic mass is 9.98. The van der Waals surface area contributed by atoms with E-state index in [2.05, 4.69) is 21.2 Å². The van der Waals surface area contributed by atoms with E-state index in [9.17, 15) is 4.79 Å². The number of benzene rings is 1. The van der Waals surface area contributed by atoms with Gasteiger partial charge in [0.15, 0.2) is 0 Å². The first kappa shape index (κ1) is 14.2. The van der Waals surface area contributed by atoms with Crippen molar-refractivity contribution < 1.29 is 4.79 Å². The van der Waals surface area contributed by atoms with Crippen LogP contribution in [0.5, 0.6) is 0 Å². The van der Waals surface area contributed by atoms with Gasteiger partial charge < -0.3 is 5.32 Å². The Bertz CT molecular complexity index is 435. The van der Waals surface area contributed by atoms with Crippen LogP contribution in [0.25, 0.3) is 0 Å². The molecule has 1 aromatic carbocycles. The van der Waals surface area contributed by atoms with Gasteiger partial charge in [-0.05, 0) is 64.4 Å². The number of rotatable bonds is 3. The zero-order valence-corrected chi connectivity index (χ0v) is 13.1. The summed E-state index contributed by atoms with van der Waals surface area (Å²) in [4.78, 5) is 11.9. The number of anilines is 1. The van der Waals surface area contributed by atoms with Crippen molar-refractivity contribution in [2.24, 2.45) is 5.92 Å². The zero-order valence-electron chi connectivity index (χ0n) is 9.92. The molecule has 0 spiro atoms. The van der Waals surface area contributed by atoms with E-state index >= 15 is 0 Å². The summed E-state index contributed by atoms with van der Waals surface area (Å²) in [6.45, 7) is 0. The molecule has 1 saturated heterocycles. The van der Waals surface area contributed by atoms with Gasteiger partial charge in [-0.2, -0.15) is 11.8 Å². The highest BCUT2D eigenvalue weighted by Crippen LogP contribution is 2.28. The number of thioether (sulfide) groups is 1. The van der Waals surface area contributed by atoms with Crippen molar-refractivity contribution in [2.75, 3.05) is 16.8 Å². The Morgan fingerprint density at radius 2 is 2.17 bits per heavy atom. The monoisotopic (exact) mass is 347 g/mol. The van der Waals surface area contributed by atoms with Crippen molar-refractivity contribution in [3.63, 3.8) is 0 Å². The van der Waals surface area contributed by atoms with E-state index in [1.807, 2.05) is 17.8 Å². The van der Waals surface area contributed by atoms with E-state index in [4.69, 9.17) is 11.6 Å². The van der Waals surface area contributed by atoms with E-state index in [0.29, 0.717) is 17.4 Å². The lowest BCUT2D eigenvalue weighted by molar-refractivity contribution is -0.117. The molecule has 18 heavy (non-hydrogen) atoms. The smallest absolute Gasteiger partial charge is 0.224 e. The predicted molar refractivity (Wildman–Crippen MR) is 82.4 cm³/mol. The molecule has 0 saturated carbocycles. The van der Waals surface area contributed by atoms with Gasteiger partial charge in [-0.3, -0.25) is 4.79 Å². The number of amides is 1. The molecule has 0 bridgehead atoms. The van der Waals surface area contributed by atoms with E-state index in [1.54, 1.807) is 12.1 Å². The van der Waals surface area contributed by atoms with Gasteiger partial charge in [0.1, 0.15) is 0 Å².